The highest BCUT2D eigenvalue weighted by Gasteiger charge is 2.55. The molecule has 3 rings (SSSR count). The van der Waals surface area contributed by atoms with Crippen LogP contribution in [0.15, 0.2) is 36.4 Å². The lowest BCUT2D eigenvalue weighted by Gasteiger charge is -2.37. The molecule has 0 saturated carbocycles. The standard InChI is InChI=1S/C22H22Cl2F2N2.C2H6.CH2O2/c1-21(2,3)10-19-22(12-27,15-8-7-13(23)9-18(15)25)16(11-28-19)14-5-4-6-17(24)20(14)26;1-2;2-1-3/h4-9,16,19,28H,10-11H2,1-3H3;1-2H3;1H,(H,2,3)/t16?,19?,22-;;/m1../s1. The van der Waals surface area contributed by atoms with Gasteiger partial charge in [-0.1, -0.05) is 76.0 Å². The molecule has 180 valence electrons. The fourth-order valence-corrected chi connectivity index (χ4v) is 4.57. The van der Waals surface area contributed by atoms with Gasteiger partial charge in [-0.25, -0.2) is 8.78 Å². The molecule has 0 radical (unpaired) electrons. The van der Waals surface area contributed by atoms with Crippen molar-refractivity contribution in [1.82, 2.24) is 5.32 Å². The minimum atomic E-state index is -1.30. The van der Waals surface area contributed by atoms with E-state index in [4.69, 9.17) is 33.1 Å². The van der Waals surface area contributed by atoms with Gasteiger partial charge < -0.3 is 10.4 Å². The average molecular weight is 499 g/mol. The molecule has 1 saturated heterocycles. The van der Waals surface area contributed by atoms with Crippen LogP contribution in [0.4, 0.5) is 8.78 Å². The van der Waals surface area contributed by atoms with Gasteiger partial charge in [0.05, 0.1) is 11.1 Å². The molecule has 1 fully saturated rings. The molecule has 1 aliphatic rings. The van der Waals surface area contributed by atoms with Crippen LogP contribution in [0.5, 0.6) is 0 Å². The van der Waals surface area contributed by atoms with Crippen molar-refractivity contribution in [3.05, 3.63) is 69.2 Å². The first-order valence-corrected chi connectivity index (χ1v) is 11.4. The predicted octanol–water partition coefficient (Wildman–Crippen LogP) is 6.95. The van der Waals surface area contributed by atoms with E-state index in [1.807, 2.05) is 13.8 Å². The lowest BCUT2D eigenvalue weighted by atomic mass is 9.64. The fourth-order valence-electron chi connectivity index (χ4n) is 4.23. The number of hydrogen-bond donors (Lipinski definition) is 2. The maximum Gasteiger partial charge on any atom is 0.290 e. The Morgan fingerprint density at radius 2 is 1.85 bits per heavy atom. The normalized spacial score (nSPS) is 21.7. The van der Waals surface area contributed by atoms with Gasteiger partial charge in [-0.2, -0.15) is 5.26 Å². The zero-order valence-corrected chi connectivity index (χ0v) is 20.9. The number of carbonyl (C=O) groups is 1. The van der Waals surface area contributed by atoms with Crippen molar-refractivity contribution in [1.29, 1.82) is 5.26 Å². The Morgan fingerprint density at radius 1 is 1.24 bits per heavy atom. The number of nitrogens with zero attached hydrogens (tertiary/aromatic N) is 1. The SMILES string of the molecule is CC.CC(C)(C)CC1NCC(c2cccc(Cl)c2F)[C@@]1(C#N)c1ccc(Cl)cc1F.O=CO. The van der Waals surface area contributed by atoms with Gasteiger partial charge in [-0.15, -0.1) is 0 Å². The zero-order valence-electron chi connectivity index (χ0n) is 19.4. The summed E-state index contributed by atoms with van der Waals surface area (Å²) in [5.74, 6) is -1.73. The van der Waals surface area contributed by atoms with E-state index in [9.17, 15) is 9.65 Å². The van der Waals surface area contributed by atoms with Crippen molar-refractivity contribution in [3.63, 3.8) is 0 Å². The van der Waals surface area contributed by atoms with Gasteiger partial charge in [0.2, 0.25) is 0 Å². The molecular weight excluding hydrogens is 469 g/mol. The lowest BCUT2D eigenvalue weighted by Crippen LogP contribution is -2.44. The number of carboxylic acid groups (broad SMARTS) is 1. The average Bonchev–Trinajstić information content (AvgIpc) is 3.09. The molecule has 1 heterocycles. The van der Waals surface area contributed by atoms with Gasteiger partial charge in [-0.3, -0.25) is 4.79 Å². The Balaban J connectivity index is 0.00000101. The van der Waals surface area contributed by atoms with Crippen LogP contribution >= 0.6 is 23.2 Å². The van der Waals surface area contributed by atoms with Gasteiger partial charge in [-0.05, 0) is 35.6 Å². The second-order valence-corrected chi connectivity index (χ2v) is 9.48. The third-order valence-corrected chi connectivity index (χ3v) is 5.93. The number of hydrogen-bond acceptors (Lipinski definition) is 3. The molecule has 1 aliphatic heterocycles. The second kappa shape index (κ2) is 12.3. The summed E-state index contributed by atoms with van der Waals surface area (Å²) in [5.41, 5.74) is -0.881. The van der Waals surface area contributed by atoms with E-state index in [0.717, 1.165) is 0 Å². The summed E-state index contributed by atoms with van der Waals surface area (Å²) in [6, 6.07) is 11.0. The molecule has 0 spiro atoms. The molecule has 4 nitrogen and oxygen atoms in total. The Hall–Kier alpha value is -2.20. The maximum absolute atomic E-state index is 15.0. The van der Waals surface area contributed by atoms with E-state index in [1.54, 1.807) is 24.3 Å². The first-order valence-electron chi connectivity index (χ1n) is 10.6. The van der Waals surface area contributed by atoms with Crippen molar-refractivity contribution in [2.75, 3.05) is 6.54 Å². The number of nitrogens with one attached hydrogen (secondary N) is 1. The molecule has 0 aromatic heterocycles. The predicted molar refractivity (Wildman–Crippen MR) is 129 cm³/mol. The first-order chi connectivity index (χ1) is 15.5. The molecule has 2 unspecified atom stereocenters. The van der Waals surface area contributed by atoms with Crippen molar-refractivity contribution >= 4 is 29.7 Å². The molecule has 8 heteroatoms. The van der Waals surface area contributed by atoms with E-state index in [0.29, 0.717) is 18.5 Å². The van der Waals surface area contributed by atoms with Crippen molar-refractivity contribution in [2.24, 2.45) is 5.41 Å². The van der Waals surface area contributed by atoms with Crippen LogP contribution in [0.2, 0.25) is 10.0 Å². The summed E-state index contributed by atoms with van der Waals surface area (Å²) in [6.45, 7) is 10.3. The van der Waals surface area contributed by atoms with Gasteiger partial charge in [0.15, 0.2) is 0 Å². The summed E-state index contributed by atoms with van der Waals surface area (Å²) in [4.78, 5) is 8.36. The van der Waals surface area contributed by atoms with Crippen LogP contribution < -0.4 is 5.32 Å². The molecule has 2 aromatic carbocycles. The molecule has 0 bridgehead atoms. The Labute approximate surface area is 204 Å². The number of halogens is 4. The highest BCUT2D eigenvalue weighted by atomic mass is 35.5. The Bertz CT molecular complexity index is 989. The van der Waals surface area contributed by atoms with Crippen LogP contribution in [0.25, 0.3) is 0 Å². The molecular formula is C25H30Cl2F2N2O2. The largest absolute Gasteiger partial charge is 0.483 e. The van der Waals surface area contributed by atoms with Gasteiger partial charge in [0, 0.05) is 29.1 Å². The zero-order chi connectivity index (χ0) is 25.4. The highest BCUT2D eigenvalue weighted by Crippen LogP contribution is 2.50. The molecule has 0 amide bonds. The van der Waals surface area contributed by atoms with E-state index in [1.165, 1.54) is 12.1 Å². The van der Waals surface area contributed by atoms with Crippen LogP contribution in [0, 0.1) is 28.4 Å². The Kier molecular flexibility index (Phi) is 10.8. The molecule has 0 aliphatic carbocycles. The Morgan fingerprint density at radius 3 is 2.36 bits per heavy atom. The first kappa shape index (κ1) is 28.8. The quantitative estimate of drug-likeness (QED) is 0.448. The molecule has 33 heavy (non-hydrogen) atoms. The van der Waals surface area contributed by atoms with E-state index in [2.05, 4.69) is 32.2 Å². The lowest BCUT2D eigenvalue weighted by molar-refractivity contribution is -0.122. The highest BCUT2D eigenvalue weighted by molar-refractivity contribution is 6.31. The summed E-state index contributed by atoms with van der Waals surface area (Å²) < 4.78 is 29.9. The van der Waals surface area contributed by atoms with Gasteiger partial charge in [0.1, 0.15) is 17.0 Å². The number of nitriles is 1. The smallest absolute Gasteiger partial charge is 0.290 e. The van der Waals surface area contributed by atoms with E-state index in [-0.39, 0.29) is 33.5 Å². The second-order valence-electron chi connectivity index (χ2n) is 8.63. The van der Waals surface area contributed by atoms with Crippen LogP contribution in [-0.4, -0.2) is 24.2 Å². The minimum absolute atomic E-state index is 0.0137. The van der Waals surface area contributed by atoms with Crippen molar-refractivity contribution in [2.45, 2.75) is 58.4 Å². The van der Waals surface area contributed by atoms with Crippen LogP contribution in [0.1, 0.15) is 58.1 Å². The number of benzene rings is 2. The molecule has 2 aromatic rings. The topological polar surface area (TPSA) is 73.1 Å². The third kappa shape index (κ3) is 6.44. The molecule has 3 atom stereocenters. The number of rotatable bonds is 3. The van der Waals surface area contributed by atoms with Crippen LogP contribution in [0.3, 0.4) is 0 Å². The molecule has 2 N–H and O–H groups in total. The van der Waals surface area contributed by atoms with Crippen LogP contribution in [-0.2, 0) is 10.2 Å². The summed E-state index contributed by atoms with van der Waals surface area (Å²) in [5, 5.41) is 20.9. The van der Waals surface area contributed by atoms with Crippen molar-refractivity contribution < 1.29 is 18.7 Å². The third-order valence-electron chi connectivity index (χ3n) is 5.40. The van der Waals surface area contributed by atoms with E-state index >= 15 is 4.39 Å². The fraction of sp³-hybridized carbons (Fsp3) is 0.440. The summed E-state index contributed by atoms with van der Waals surface area (Å²) in [6.07, 6.45) is 0.612. The van der Waals surface area contributed by atoms with Crippen molar-refractivity contribution in [3.8, 4) is 6.07 Å². The summed E-state index contributed by atoms with van der Waals surface area (Å²) in [7, 11) is 0. The van der Waals surface area contributed by atoms with Gasteiger partial charge >= 0.3 is 0 Å². The maximum atomic E-state index is 15.0. The van der Waals surface area contributed by atoms with E-state index < -0.39 is 23.0 Å². The summed E-state index contributed by atoms with van der Waals surface area (Å²) >= 11 is 11.9. The monoisotopic (exact) mass is 498 g/mol. The van der Waals surface area contributed by atoms with Gasteiger partial charge in [0.25, 0.3) is 6.47 Å². The minimum Gasteiger partial charge on any atom is -0.483 e.